The van der Waals surface area contributed by atoms with E-state index in [1.807, 2.05) is 13.0 Å². The van der Waals surface area contributed by atoms with Crippen molar-refractivity contribution in [2.75, 3.05) is 42.7 Å². The Kier molecular flexibility index (Phi) is 6.95. The van der Waals surface area contributed by atoms with E-state index in [0.717, 1.165) is 23.9 Å². The molecule has 28 heavy (non-hydrogen) atoms. The number of carbonyl (C=O) groups excluding carboxylic acids is 2. The lowest BCUT2D eigenvalue weighted by atomic mass is 9.95. The van der Waals surface area contributed by atoms with E-state index in [9.17, 15) is 18.0 Å². The average Bonchev–Trinajstić information content (AvgIpc) is 3.05. The molecule has 1 aromatic rings. The first-order valence-corrected chi connectivity index (χ1v) is 11.1. The van der Waals surface area contributed by atoms with E-state index in [-0.39, 0.29) is 31.3 Å². The first-order valence-electron chi connectivity index (χ1n) is 9.18. The monoisotopic (exact) mass is 430 g/mol. The van der Waals surface area contributed by atoms with Gasteiger partial charge in [-0.3, -0.25) is 9.69 Å². The van der Waals surface area contributed by atoms with Crippen molar-refractivity contribution in [2.24, 2.45) is 0 Å². The molecule has 3 N–H and O–H groups in total. The van der Waals surface area contributed by atoms with E-state index in [4.69, 9.17) is 0 Å². The van der Waals surface area contributed by atoms with E-state index >= 15 is 0 Å². The lowest BCUT2D eigenvalue weighted by molar-refractivity contribution is -0.119. The van der Waals surface area contributed by atoms with Crippen molar-refractivity contribution in [1.82, 2.24) is 10.6 Å². The van der Waals surface area contributed by atoms with Crippen LogP contribution in [0.2, 0.25) is 0 Å². The molecular formula is C18H27ClN4O4S. The molecule has 2 aliphatic rings. The molecule has 3 rings (SSSR count). The van der Waals surface area contributed by atoms with Gasteiger partial charge in [-0.05, 0) is 57.0 Å². The highest BCUT2D eigenvalue weighted by Crippen LogP contribution is 2.33. The van der Waals surface area contributed by atoms with Crippen LogP contribution in [0.15, 0.2) is 18.2 Å². The van der Waals surface area contributed by atoms with Crippen LogP contribution in [-0.2, 0) is 21.1 Å². The summed E-state index contributed by atoms with van der Waals surface area (Å²) in [6, 6.07) is 5.20. The van der Waals surface area contributed by atoms with Crippen LogP contribution < -0.4 is 20.9 Å². The highest BCUT2D eigenvalue weighted by Gasteiger charge is 2.48. The molecule has 156 valence electrons. The SMILES string of the molecule is CCNC(=O)N1CCc2ccc(NC(=O)C3(S(C)(=O)=O)CCNCC3)cc21.Cl. The third-order valence-corrected chi connectivity index (χ3v) is 7.36. The van der Waals surface area contributed by atoms with Gasteiger partial charge in [-0.2, -0.15) is 0 Å². The fourth-order valence-corrected chi connectivity index (χ4v) is 5.09. The molecule has 0 saturated carbocycles. The summed E-state index contributed by atoms with van der Waals surface area (Å²) in [6.45, 7) is 3.93. The van der Waals surface area contributed by atoms with Gasteiger partial charge in [0, 0.05) is 25.0 Å². The van der Waals surface area contributed by atoms with E-state index in [1.54, 1.807) is 17.0 Å². The van der Waals surface area contributed by atoms with Crippen LogP contribution >= 0.6 is 12.4 Å². The van der Waals surface area contributed by atoms with Crippen molar-refractivity contribution in [2.45, 2.75) is 30.9 Å². The Hall–Kier alpha value is -1.84. The minimum absolute atomic E-state index is 0. The lowest BCUT2D eigenvalue weighted by Crippen LogP contribution is -2.55. The third-order valence-electron chi connectivity index (χ3n) is 5.35. The zero-order chi connectivity index (χ0) is 19.7. The molecule has 0 bridgehead atoms. The van der Waals surface area contributed by atoms with Crippen LogP contribution in [0.1, 0.15) is 25.3 Å². The maximum Gasteiger partial charge on any atom is 0.321 e. The van der Waals surface area contributed by atoms with Crippen molar-refractivity contribution in [3.8, 4) is 0 Å². The van der Waals surface area contributed by atoms with E-state index < -0.39 is 20.5 Å². The zero-order valence-corrected chi connectivity index (χ0v) is 17.7. The van der Waals surface area contributed by atoms with Gasteiger partial charge in [-0.15, -0.1) is 12.4 Å². The number of halogens is 1. The molecule has 2 aliphatic heterocycles. The second-order valence-corrected chi connectivity index (χ2v) is 9.38. The average molecular weight is 431 g/mol. The largest absolute Gasteiger partial charge is 0.338 e. The minimum Gasteiger partial charge on any atom is -0.338 e. The molecule has 0 atom stereocenters. The van der Waals surface area contributed by atoms with Crippen LogP contribution in [0, 0.1) is 0 Å². The Bertz CT molecular complexity index is 853. The topological polar surface area (TPSA) is 108 Å². The Morgan fingerprint density at radius 2 is 1.93 bits per heavy atom. The fourth-order valence-electron chi connectivity index (χ4n) is 3.76. The van der Waals surface area contributed by atoms with Crippen LogP contribution in [0.3, 0.4) is 0 Å². The van der Waals surface area contributed by atoms with Crippen LogP contribution in [0.5, 0.6) is 0 Å². The fraction of sp³-hybridized carbons (Fsp3) is 0.556. The zero-order valence-electron chi connectivity index (χ0n) is 16.1. The lowest BCUT2D eigenvalue weighted by Gasteiger charge is -2.34. The predicted molar refractivity (Wildman–Crippen MR) is 112 cm³/mol. The number of sulfone groups is 1. The molecule has 0 unspecified atom stereocenters. The number of hydrogen-bond acceptors (Lipinski definition) is 5. The molecular weight excluding hydrogens is 404 g/mol. The summed E-state index contributed by atoms with van der Waals surface area (Å²) in [6.07, 6.45) is 2.36. The summed E-state index contributed by atoms with van der Waals surface area (Å²) in [5.41, 5.74) is 2.27. The number of amides is 3. The van der Waals surface area contributed by atoms with Gasteiger partial charge in [-0.25, -0.2) is 13.2 Å². The van der Waals surface area contributed by atoms with Crippen molar-refractivity contribution >= 4 is 45.6 Å². The number of rotatable bonds is 4. The smallest absolute Gasteiger partial charge is 0.321 e. The van der Waals surface area contributed by atoms with Crippen LogP contribution in [0.4, 0.5) is 16.2 Å². The van der Waals surface area contributed by atoms with Crippen LogP contribution in [0.25, 0.3) is 0 Å². The molecule has 0 radical (unpaired) electrons. The summed E-state index contributed by atoms with van der Waals surface area (Å²) in [5.74, 6) is -0.506. The molecule has 10 heteroatoms. The highest BCUT2D eigenvalue weighted by atomic mass is 35.5. The van der Waals surface area contributed by atoms with Gasteiger partial charge in [-0.1, -0.05) is 6.07 Å². The first kappa shape index (κ1) is 22.4. The van der Waals surface area contributed by atoms with Gasteiger partial charge in [0.2, 0.25) is 5.91 Å². The Morgan fingerprint density at radius 1 is 1.25 bits per heavy atom. The molecule has 0 aliphatic carbocycles. The number of nitrogens with zero attached hydrogens (tertiary/aromatic N) is 1. The van der Waals surface area contributed by atoms with Crippen molar-refractivity contribution in [1.29, 1.82) is 0 Å². The van der Waals surface area contributed by atoms with Gasteiger partial charge < -0.3 is 16.0 Å². The molecule has 1 saturated heterocycles. The number of benzene rings is 1. The van der Waals surface area contributed by atoms with E-state index in [1.165, 1.54) is 0 Å². The summed E-state index contributed by atoms with van der Waals surface area (Å²) < 4.78 is 23.4. The number of anilines is 2. The van der Waals surface area contributed by atoms with Crippen molar-refractivity contribution in [3.63, 3.8) is 0 Å². The van der Waals surface area contributed by atoms with Gasteiger partial charge >= 0.3 is 6.03 Å². The van der Waals surface area contributed by atoms with E-state index in [2.05, 4.69) is 16.0 Å². The number of urea groups is 1. The normalized spacial score (nSPS) is 18.0. The molecule has 1 aromatic carbocycles. The van der Waals surface area contributed by atoms with Gasteiger partial charge in [0.15, 0.2) is 14.6 Å². The van der Waals surface area contributed by atoms with Gasteiger partial charge in [0.25, 0.3) is 0 Å². The maximum atomic E-state index is 12.9. The summed E-state index contributed by atoms with van der Waals surface area (Å²) >= 11 is 0. The van der Waals surface area contributed by atoms with Gasteiger partial charge in [0.1, 0.15) is 0 Å². The summed E-state index contributed by atoms with van der Waals surface area (Å²) in [7, 11) is -3.58. The minimum atomic E-state index is -3.58. The molecule has 8 nitrogen and oxygen atoms in total. The Morgan fingerprint density at radius 3 is 2.54 bits per heavy atom. The molecule has 2 heterocycles. The summed E-state index contributed by atoms with van der Waals surface area (Å²) in [5, 5.41) is 8.65. The standard InChI is InChI=1S/C18H26N4O4S.ClH/c1-3-20-17(24)22-11-6-13-4-5-14(12-15(13)22)21-16(23)18(27(2,25)26)7-9-19-10-8-18;/h4-5,12,19H,3,6-11H2,1-2H3,(H,20,24)(H,21,23);1H. The predicted octanol–water partition coefficient (Wildman–Crippen LogP) is 1.31. The first-order chi connectivity index (χ1) is 12.8. The van der Waals surface area contributed by atoms with Crippen LogP contribution in [-0.4, -0.2) is 57.5 Å². The van der Waals surface area contributed by atoms with Crippen molar-refractivity contribution < 1.29 is 18.0 Å². The van der Waals surface area contributed by atoms with Gasteiger partial charge in [0.05, 0.1) is 5.69 Å². The molecule has 0 aromatic heterocycles. The number of nitrogens with one attached hydrogen (secondary N) is 3. The second-order valence-electron chi connectivity index (χ2n) is 7.05. The highest BCUT2D eigenvalue weighted by molar-refractivity contribution is 7.92. The number of carbonyl (C=O) groups is 2. The molecule has 3 amide bonds. The molecule has 0 spiro atoms. The Balaban J connectivity index is 0.00000280. The number of fused-ring (bicyclic) bond motifs is 1. The second kappa shape index (κ2) is 8.67. The summed E-state index contributed by atoms with van der Waals surface area (Å²) in [4.78, 5) is 26.8. The maximum absolute atomic E-state index is 12.9. The number of piperidine rings is 1. The molecule has 1 fully saturated rings. The van der Waals surface area contributed by atoms with E-state index in [0.29, 0.717) is 31.9 Å². The van der Waals surface area contributed by atoms with Crippen molar-refractivity contribution in [3.05, 3.63) is 23.8 Å². The third kappa shape index (κ3) is 4.11. The Labute approximate surface area is 171 Å². The number of hydrogen-bond donors (Lipinski definition) is 3. The quantitative estimate of drug-likeness (QED) is 0.667.